The van der Waals surface area contributed by atoms with Gasteiger partial charge in [-0.3, -0.25) is 4.79 Å². The number of morpholine rings is 1. The van der Waals surface area contributed by atoms with E-state index in [0.717, 1.165) is 70.3 Å². The highest BCUT2D eigenvalue weighted by atomic mass is 16.5. The summed E-state index contributed by atoms with van der Waals surface area (Å²) in [5.74, 6) is 2.05. The first-order valence-corrected chi connectivity index (χ1v) is 10.4. The van der Waals surface area contributed by atoms with Gasteiger partial charge in [0, 0.05) is 45.2 Å². The standard InChI is InChI=1S/C20H33N5O3/c1-16(2)28-13-3-8-21-20(26)17-6-9-24(10-7-17)18-4-5-19(23-22-18)25-11-14-27-15-12-25/h4-5,16-17H,3,6-15H2,1-2H3,(H,21,26). The SMILES string of the molecule is CC(C)OCCCNC(=O)C1CCN(c2ccc(N3CCOCC3)nn2)CC1. The molecule has 2 aliphatic heterocycles. The first-order chi connectivity index (χ1) is 13.6. The number of piperidine rings is 1. The Morgan fingerprint density at radius 2 is 1.75 bits per heavy atom. The van der Waals surface area contributed by atoms with Crippen molar-refractivity contribution in [2.24, 2.45) is 5.92 Å². The van der Waals surface area contributed by atoms with E-state index in [4.69, 9.17) is 9.47 Å². The molecule has 0 atom stereocenters. The van der Waals surface area contributed by atoms with Crippen LogP contribution >= 0.6 is 0 Å². The number of carbonyl (C=O) groups is 1. The number of anilines is 2. The molecule has 2 fully saturated rings. The molecular formula is C20H33N5O3. The van der Waals surface area contributed by atoms with Crippen LogP contribution in [0.25, 0.3) is 0 Å². The summed E-state index contributed by atoms with van der Waals surface area (Å²) in [6, 6.07) is 4.07. The molecule has 0 saturated carbocycles. The summed E-state index contributed by atoms with van der Waals surface area (Å²) in [5, 5.41) is 11.8. The summed E-state index contributed by atoms with van der Waals surface area (Å²) in [6.45, 7) is 10.3. The van der Waals surface area contributed by atoms with Crippen LogP contribution < -0.4 is 15.1 Å². The lowest BCUT2D eigenvalue weighted by molar-refractivity contribution is -0.125. The van der Waals surface area contributed by atoms with Crippen molar-refractivity contribution in [1.29, 1.82) is 0 Å². The quantitative estimate of drug-likeness (QED) is 0.672. The van der Waals surface area contributed by atoms with E-state index in [1.807, 2.05) is 26.0 Å². The van der Waals surface area contributed by atoms with E-state index in [2.05, 4.69) is 25.3 Å². The van der Waals surface area contributed by atoms with Crippen LogP contribution in [0.1, 0.15) is 33.1 Å². The Balaban J connectivity index is 1.39. The van der Waals surface area contributed by atoms with Crippen molar-refractivity contribution in [3.8, 4) is 0 Å². The first kappa shape index (κ1) is 20.8. The second-order valence-corrected chi connectivity index (χ2v) is 7.67. The molecule has 1 N–H and O–H groups in total. The van der Waals surface area contributed by atoms with Gasteiger partial charge < -0.3 is 24.6 Å². The zero-order valence-electron chi connectivity index (χ0n) is 17.1. The Labute approximate surface area is 167 Å². The summed E-state index contributed by atoms with van der Waals surface area (Å²) >= 11 is 0. The molecule has 0 radical (unpaired) electrons. The van der Waals surface area contributed by atoms with E-state index in [0.29, 0.717) is 13.2 Å². The van der Waals surface area contributed by atoms with E-state index in [1.54, 1.807) is 0 Å². The molecule has 3 rings (SSSR count). The molecule has 156 valence electrons. The van der Waals surface area contributed by atoms with E-state index in [9.17, 15) is 4.79 Å². The summed E-state index contributed by atoms with van der Waals surface area (Å²) < 4.78 is 10.9. The fourth-order valence-corrected chi connectivity index (χ4v) is 3.57. The monoisotopic (exact) mass is 391 g/mol. The third-order valence-corrected chi connectivity index (χ3v) is 5.23. The topological polar surface area (TPSA) is 79.8 Å². The number of aromatic nitrogens is 2. The van der Waals surface area contributed by atoms with Gasteiger partial charge in [0.2, 0.25) is 5.91 Å². The number of ether oxygens (including phenoxy) is 2. The molecular weight excluding hydrogens is 358 g/mol. The second-order valence-electron chi connectivity index (χ2n) is 7.67. The molecule has 2 aliphatic rings. The molecule has 0 unspecified atom stereocenters. The van der Waals surface area contributed by atoms with Crippen LogP contribution in [0.2, 0.25) is 0 Å². The highest BCUT2D eigenvalue weighted by Crippen LogP contribution is 2.23. The maximum atomic E-state index is 12.3. The summed E-state index contributed by atoms with van der Waals surface area (Å²) in [6.07, 6.45) is 2.79. The van der Waals surface area contributed by atoms with Crippen LogP contribution in [0.3, 0.4) is 0 Å². The average molecular weight is 392 g/mol. The van der Waals surface area contributed by atoms with Gasteiger partial charge in [-0.1, -0.05) is 0 Å². The van der Waals surface area contributed by atoms with Crippen molar-refractivity contribution in [3.63, 3.8) is 0 Å². The van der Waals surface area contributed by atoms with Crippen LogP contribution in [0.4, 0.5) is 11.6 Å². The summed E-state index contributed by atoms with van der Waals surface area (Å²) in [7, 11) is 0. The number of nitrogens with one attached hydrogen (secondary N) is 1. The lowest BCUT2D eigenvalue weighted by atomic mass is 9.96. The first-order valence-electron chi connectivity index (χ1n) is 10.4. The van der Waals surface area contributed by atoms with Crippen molar-refractivity contribution in [1.82, 2.24) is 15.5 Å². The predicted octanol–water partition coefficient (Wildman–Crippen LogP) is 1.46. The molecule has 1 amide bonds. The Bertz CT molecular complexity index is 596. The molecule has 0 bridgehead atoms. The Hall–Kier alpha value is -1.93. The van der Waals surface area contributed by atoms with Gasteiger partial charge in [0.25, 0.3) is 0 Å². The van der Waals surface area contributed by atoms with Gasteiger partial charge in [-0.05, 0) is 45.2 Å². The highest BCUT2D eigenvalue weighted by molar-refractivity contribution is 5.78. The van der Waals surface area contributed by atoms with Gasteiger partial charge in [0.05, 0.1) is 19.3 Å². The van der Waals surface area contributed by atoms with Crippen LogP contribution in [0.5, 0.6) is 0 Å². The Kier molecular flexibility index (Phi) is 7.85. The molecule has 0 aromatic carbocycles. The van der Waals surface area contributed by atoms with Crippen molar-refractivity contribution in [3.05, 3.63) is 12.1 Å². The van der Waals surface area contributed by atoms with Gasteiger partial charge in [0.15, 0.2) is 11.6 Å². The number of amides is 1. The van der Waals surface area contributed by atoms with Gasteiger partial charge >= 0.3 is 0 Å². The minimum absolute atomic E-state index is 0.0860. The maximum absolute atomic E-state index is 12.3. The smallest absolute Gasteiger partial charge is 0.223 e. The van der Waals surface area contributed by atoms with Crippen LogP contribution in [-0.2, 0) is 14.3 Å². The van der Waals surface area contributed by atoms with Gasteiger partial charge in [-0.2, -0.15) is 0 Å². The normalized spacial score (nSPS) is 18.5. The lowest BCUT2D eigenvalue weighted by Crippen LogP contribution is -2.41. The molecule has 0 aliphatic carbocycles. The zero-order chi connectivity index (χ0) is 19.8. The Morgan fingerprint density at radius 3 is 2.32 bits per heavy atom. The predicted molar refractivity (Wildman–Crippen MR) is 109 cm³/mol. The average Bonchev–Trinajstić information content (AvgIpc) is 2.74. The van der Waals surface area contributed by atoms with Crippen molar-refractivity contribution in [2.45, 2.75) is 39.2 Å². The van der Waals surface area contributed by atoms with Gasteiger partial charge in [-0.25, -0.2) is 0 Å². The van der Waals surface area contributed by atoms with Gasteiger partial charge in [-0.15, -0.1) is 10.2 Å². The molecule has 28 heavy (non-hydrogen) atoms. The number of carbonyl (C=O) groups excluding carboxylic acids is 1. The highest BCUT2D eigenvalue weighted by Gasteiger charge is 2.25. The van der Waals surface area contributed by atoms with E-state index >= 15 is 0 Å². The number of nitrogens with zero attached hydrogens (tertiary/aromatic N) is 4. The molecule has 0 spiro atoms. The number of hydrogen-bond acceptors (Lipinski definition) is 7. The van der Waals surface area contributed by atoms with E-state index in [-0.39, 0.29) is 17.9 Å². The fraction of sp³-hybridized carbons (Fsp3) is 0.750. The van der Waals surface area contributed by atoms with Crippen LogP contribution in [0.15, 0.2) is 12.1 Å². The van der Waals surface area contributed by atoms with Crippen LogP contribution in [-0.4, -0.2) is 74.8 Å². The molecule has 1 aromatic heterocycles. The molecule has 8 heteroatoms. The second kappa shape index (κ2) is 10.6. The molecule has 3 heterocycles. The third-order valence-electron chi connectivity index (χ3n) is 5.23. The number of rotatable bonds is 8. The maximum Gasteiger partial charge on any atom is 0.223 e. The summed E-state index contributed by atoms with van der Waals surface area (Å²) in [5.41, 5.74) is 0. The minimum Gasteiger partial charge on any atom is -0.379 e. The molecule has 1 aromatic rings. The van der Waals surface area contributed by atoms with Crippen molar-refractivity contribution in [2.75, 3.05) is 62.3 Å². The van der Waals surface area contributed by atoms with E-state index in [1.165, 1.54) is 0 Å². The number of hydrogen-bond donors (Lipinski definition) is 1. The van der Waals surface area contributed by atoms with E-state index < -0.39 is 0 Å². The van der Waals surface area contributed by atoms with Gasteiger partial charge in [0.1, 0.15) is 0 Å². The molecule has 2 saturated heterocycles. The third kappa shape index (κ3) is 6.04. The largest absolute Gasteiger partial charge is 0.379 e. The fourth-order valence-electron chi connectivity index (χ4n) is 3.57. The van der Waals surface area contributed by atoms with Crippen molar-refractivity contribution >= 4 is 17.5 Å². The molecule has 8 nitrogen and oxygen atoms in total. The zero-order valence-corrected chi connectivity index (χ0v) is 17.1. The lowest BCUT2D eigenvalue weighted by Gasteiger charge is -2.32. The van der Waals surface area contributed by atoms with Crippen molar-refractivity contribution < 1.29 is 14.3 Å². The Morgan fingerprint density at radius 1 is 1.14 bits per heavy atom. The minimum atomic E-state index is 0.0860. The summed E-state index contributed by atoms with van der Waals surface area (Å²) in [4.78, 5) is 16.8. The van der Waals surface area contributed by atoms with Crippen LogP contribution in [0, 0.1) is 5.92 Å².